The van der Waals surface area contributed by atoms with Gasteiger partial charge in [0, 0.05) is 23.6 Å². The van der Waals surface area contributed by atoms with Crippen molar-refractivity contribution in [3.05, 3.63) is 22.2 Å². The van der Waals surface area contributed by atoms with Crippen molar-refractivity contribution in [2.24, 2.45) is 0 Å². The van der Waals surface area contributed by atoms with Gasteiger partial charge in [-0.05, 0) is 25.0 Å². The second-order valence-corrected chi connectivity index (χ2v) is 7.99. The van der Waals surface area contributed by atoms with Crippen LogP contribution >= 0.6 is 15.9 Å². The average molecular weight is 443 g/mol. The van der Waals surface area contributed by atoms with E-state index in [9.17, 15) is 15.0 Å². The molecule has 0 unspecified atom stereocenters. The summed E-state index contributed by atoms with van der Waals surface area (Å²) < 4.78 is 11.2. The number of halogens is 1. The van der Waals surface area contributed by atoms with Gasteiger partial charge in [0.25, 0.3) is 5.91 Å². The number of carbonyl (C=O) groups excluding carboxylic acids is 1. The van der Waals surface area contributed by atoms with Gasteiger partial charge in [0.15, 0.2) is 11.5 Å². The molecule has 2 aliphatic rings. The molecule has 2 fully saturated rings. The summed E-state index contributed by atoms with van der Waals surface area (Å²) in [7, 11) is 1.44. The number of carbonyl (C=O) groups is 1. The first-order valence-corrected chi connectivity index (χ1v) is 10.2. The Hall–Kier alpha value is -1.35. The molecule has 3 N–H and O–H groups in total. The van der Waals surface area contributed by atoms with E-state index < -0.39 is 12.0 Å². The number of aliphatic hydroxyl groups is 1. The van der Waals surface area contributed by atoms with Gasteiger partial charge in [-0.2, -0.15) is 0 Å². The molecule has 3 atom stereocenters. The molecule has 1 aromatic carbocycles. The monoisotopic (exact) mass is 442 g/mol. The molecule has 0 radical (unpaired) electrons. The number of hydrogen-bond acceptors (Lipinski definition) is 6. The summed E-state index contributed by atoms with van der Waals surface area (Å²) in [5.41, 5.74) is 0.126. The van der Waals surface area contributed by atoms with Crippen LogP contribution in [0.3, 0.4) is 0 Å². The fraction of sp³-hybridized carbons (Fsp3) is 0.632. The number of aromatic hydroxyl groups is 1. The fourth-order valence-corrected chi connectivity index (χ4v) is 4.38. The predicted octanol–water partition coefficient (Wildman–Crippen LogP) is 1.90. The highest BCUT2D eigenvalue weighted by Gasteiger charge is 2.35. The van der Waals surface area contributed by atoms with Crippen molar-refractivity contribution >= 4 is 21.8 Å². The average Bonchev–Trinajstić information content (AvgIpc) is 2.85. The Balaban J connectivity index is 1.75. The summed E-state index contributed by atoms with van der Waals surface area (Å²) in [5, 5.41) is 24.2. The van der Waals surface area contributed by atoms with Gasteiger partial charge in [0.2, 0.25) is 0 Å². The summed E-state index contributed by atoms with van der Waals surface area (Å²) in [6, 6.07) is 2.79. The zero-order valence-corrected chi connectivity index (χ0v) is 17.1. The Morgan fingerprint density at radius 1 is 1.30 bits per heavy atom. The molecule has 3 rings (SSSR count). The van der Waals surface area contributed by atoms with E-state index in [2.05, 4.69) is 26.1 Å². The van der Waals surface area contributed by atoms with Crippen molar-refractivity contribution in [2.45, 2.75) is 43.9 Å². The third-order valence-corrected chi connectivity index (χ3v) is 5.86. The zero-order chi connectivity index (χ0) is 19.4. The molecule has 0 spiro atoms. The molecule has 1 aliphatic heterocycles. The summed E-state index contributed by atoms with van der Waals surface area (Å²) in [4.78, 5) is 15.1. The first kappa shape index (κ1) is 20.4. The number of nitrogens with one attached hydrogen (secondary N) is 1. The third-order valence-electron chi connectivity index (χ3n) is 5.41. The molecule has 8 heteroatoms. The third kappa shape index (κ3) is 4.74. The van der Waals surface area contributed by atoms with Crippen molar-refractivity contribution in [2.75, 3.05) is 33.4 Å². The lowest BCUT2D eigenvalue weighted by molar-refractivity contribution is -0.0308. The number of aliphatic hydroxyl groups excluding tert-OH is 1. The number of morpholine rings is 1. The smallest absolute Gasteiger partial charge is 0.255 e. The Bertz CT molecular complexity index is 666. The van der Waals surface area contributed by atoms with Gasteiger partial charge in [0.05, 0.1) is 38.0 Å². The van der Waals surface area contributed by atoms with Crippen LogP contribution in [0.1, 0.15) is 36.0 Å². The Morgan fingerprint density at radius 2 is 2.00 bits per heavy atom. The molecular weight excluding hydrogens is 416 g/mol. The van der Waals surface area contributed by atoms with Gasteiger partial charge in [0.1, 0.15) is 0 Å². The fourth-order valence-electron chi connectivity index (χ4n) is 3.94. The quantitative estimate of drug-likeness (QED) is 0.616. The van der Waals surface area contributed by atoms with Crippen LogP contribution in [-0.2, 0) is 4.74 Å². The Kier molecular flexibility index (Phi) is 6.97. The number of rotatable bonds is 4. The van der Waals surface area contributed by atoms with E-state index in [0.29, 0.717) is 24.1 Å². The lowest BCUT2D eigenvalue weighted by Crippen LogP contribution is -2.55. The minimum Gasteiger partial charge on any atom is -0.504 e. The molecule has 1 aliphatic carbocycles. The largest absolute Gasteiger partial charge is 0.504 e. The standard InChI is InChI=1S/C19H27BrN2O5/c1-26-16-11-12(20)10-13(17(16)23)19(25)21-14-4-2-3-5-15(18(14)24)22-6-8-27-9-7-22/h10-11,14-15,18,23-24H,2-9H2,1H3,(H,21,25)/t14-,15-,18-/m1/s1. The summed E-state index contributed by atoms with van der Waals surface area (Å²) in [6.45, 7) is 2.94. The van der Waals surface area contributed by atoms with Crippen molar-refractivity contribution in [1.82, 2.24) is 10.2 Å². The van der Waals surface area contributed by atoms with Crippen molar-refractivity contribution in [1.29, 1.82) is 0 Å². The summed E-state index contributed by atoms with van der Waals surface area (Å²) >= 11 is 3.33. The van der Waals surface area contributed by atoms with Gasteiger partial charge >= 0.3 is 0 Å². The van der Waals surface area contributed by atoms with E-state index in [4.69, 9.17) is 9.47 Å². The van der Waals surface area contributed by atoms with Crippen LogP contribution in [0.25, 0.3) is 0 Å². The number of amides is 1. The van der Waals surface area contributed by atoms with Gasteiger partial charge in [-0.3, -0.25) is 9.69 Å². The molecule has 150 valence electrons. The van der Waals surface area contributed by atoms with Crippen LogP contribution < -0.4 is 10.1 Å². The van der Waals surface area contributed by atoms with Crippen LogP contribution in [0.5, 0.6) is 11.5 Å². The molecule has 1 saturated carbocycles. The molecule has 27 heavy (non-hydrogen) atoms. The molecule has 0 aromatic heterocycles. The number of methoxy groups -OCH3 is 1. The van der Waals surface area contributed by atoms with Crippen LogP contribution in [0.4, 0.5) is 0 Å². The summed E-state index contributed by atoms with van der Waals surface area (Å²) in [5.74, 6) is -0.396. The topological polar surface area (TPSA) is 91.3 Å². The van der Waals surface area contributed by atoms with Gasteiger partial charge in [-0.25, -0.2) is 0 Å². The molecule has 1 heterocycles. The molecule has 0 bridgehead atoms. The second-order valence-electron chi connectivity index (χ2n) is 7.07. The van der Waals surface area contributed by atoms with Gasteiger partial charge in [-0.15, -0.1) is 0 Å². The van der Waals surface area contributed by atoms with E-state index in [1.54, 1.807) is 12.1 Å². The second kappa shape index (κ2) is 9.23. The first-order valence-electron chi connectivity index (χ1n) is 9.38. The highest BCUT2D eigenvalue weighted by atomic mass is 79.9. The maximum absolute atomic E-state index is 12.8. The predicted molar refractivity (Wildman–Crippen MR) is 104 cm³/mol. The first-order chi connectivity index (χ1) is 13.0. The molecule has 1 amide bonds. The highest BCUT2D eigenvalue weighted by molar-refractivity contribution is 9.10. The molecule has 1 aromatic rings. The van der Waals surface area contributed by atoms with Crippen LogP contribution in [0, 0.1) is 0 Å². The zero-order valence-electron chi connectivity index (χ0n) is 15.5. The molecule has 1 saturated heterocycles. The van der Waals surface area contributed by atoms with E-state index in [0.717, 1.165) is 32.4 Å². The minimum absolute atomic E-state index is 0.00680. The maximum atomic E-state index is 12.8. The molecular formula is C19H27BrN2O5. The Labute approximate surface area is 167 Å². The van der Waals surface area contributed by atoms with Gasteiger partial charge < -0.3 is 25.0 Å². The molecule has 7 nitrogen and oxygen atoms in total. The number of phenolic OH excluding ortho intramolecular Hbond substituents is 1. The lowest BCUT2D eigenvalue weighted by Gasteiger charge is -2.38. The van der Waals surface area contributed by atoms with Crippen molar-refractivity contribution < 1.29 is 24.5 Å². The summed E-state index contributed by atoms with van der Waals surface area (Å²) in [6.07, 6.45) is 2.91. The van der Waals surface area contributed by atoms with E-state index in [1.165, 1.54) is 7.11 Å². The number of hydrogen-bond donors (Lipinski definition) is 3. The van der Waals surface area contributed by atoms with E-state index in [1.807, 2.05) is 0 Å². The van der Waals surface area contributed by atoms with Crippen LogP contribution in [0.2, 0.25) is 0 Å². The number of benzene rings is 1. The van der Waals surface area contributed by atoms with Crippen LogP contribution in [0.15, 0.2) is 16.6 Å². The van der Waals surface area contributed by atoms with Crippen LogP contribution in [-0.4, -0.2) is 72.6 Å². The van der Waals surface area contributed by atoms with Crippen molar-refractivity contribution in [3.8, 4) is 11.5 Å². The minimum atomic E-state index is -0.661. The lowest BCUT2D eigenvalue weighted by atomic mass is 9.99. The normalized spacial score (nSPS) is 27.0. The number of nitrogens with zero attached hydrogens (tertiary/aromatic N) is 1. The maximum Gasteiger partial charge on any atom is 0.255 e. The Morgan fingerprint density at radius 3 is 2.70 bits per heavy atom. The van der Waals surface area contributed by atoms with Gasteiger partial charge in [-0.1, -0.05) is 28.8 Å². The van der Waals surface area contributed by atoms with Crippen molar-refractivity contribution in [3.63, 3.8) is 0 Å². The van der Waals surface area contributed by atoms with E-state index >= 15 is 0 Å². The highest BCUT2D eigenvalue weighted by Crippen LogP contribution is 2.34. The SMILES string of the molecule is COc1cc(Br)cc(C(=O)N[C@@H]2CCCC[C@@H](N3CCOCC3)[C@@H]2O)c1O. The number of ether oxygens (including phenoxy) is 2. The van der Waals surface area contributed by atoms with E-state index in [-0.39, 0.29) is 29.1 Å². The number of phenols is 1.